The second kappa shape index (κ2) is 7.55. The summed E-state index contributed by atoms with van der Waals surface area (Å²) in [6.07, 6.45) is 4.58. The fraction of sp³-hybridized carbons (Fsp3) is 0.227. The number of fused-ring (bicyclic) bond motifs is 2. The number of nitrogens with zero attached hydrogens (tertiary/aromatic N) is 1. The van der Waals surface area contributed by atoms with E-state index in [2.05, 4.69) is 9.71 Å². The highest BCUT2D eigenvalue weighted by Crippen LogP contribution is 2.36. The van der Waals surface area contributed by atoms with Crippen LogP contribution in [0.3, 0.4) is 0 Å². The molecule has 1 heterocycles. The van der Waals surface area contributed by atoms with Crippen molar-refractivity contribution in [2.75, 3.05) is 11.0 Å². The predicted molar refractivity (Wildman–Crippen MR) is 108 cm³/mol. The number of aryl methyl sites for hydroxylation is 2. The molecule has 2 aromatic carbocycles. The van der Waals surface area contributed by atoms with E-state index in [9.17, 15) is 17.2 Å². The first-order chi connectivity index (χ1) is 13.8. The molecule has 1 aliphatic rings. The van der Waals surface area contributed by atoms with E-state index in [1.54, 1.807) is 24.4 Å². The molecule has 0 saturated carbocycles. The van der Waals surface area contributed by atoms with Gasteiger partial charge in [0.15, 0.2) is 0 Å². The lowest BCUT2D eigenvalue weighted by Crippen LogP contribution is -2.11. The normalized spacial score (nSPS) is 15.9. The summed E-state index contributed by atoms with van der Waals surface area (Å²) < 4.78 is 53.4. The summed E-state index contributed by atoms with van der Waals surface area (Å²) in [5.41, 5.74) is 4.70. The van der Waals surface area contributed by atoms with Gasteiger partial charge in [0.1, 0.15) is 11.6 Å². The smallest absolute Gasteiger partial charge is 0.229 e. The standard InChI is InChI=1S/C22H20F2N2O2S/c1-29(27,28)26-18-10-14(9-17(24)13-18)11-21-19-6-5-16(23)12-15(19)4-7-22-20(21)3-2-8-25-22/h2-3,5-6,8-10,12-13,21,26H,4,7,11H2,1H3. The van der Waals surface area contributed by atoms with Gasteiger partial charge in [-0.2, -0.15) is 0 Å². The average molecular weight is 414 g/mol. The molecule has 1 unspecified atom stereocenters. The highest BCUT2D eigenvalue weighted by Gasteiger charge is 2.25. The maximum absolute atomic E-state index is 14.2. The molecule has 7 heteroatoms. The van der Waals surface area contributed by atoms with Crippen LogP contribution >= 0.6 is 0 Å². The van der Waals surface area contributed by atoms with E-state index in [4.69, 9.17) is 0 Å². The second-order valence-corrected chi connectivity index (χ2v) is 9.11. The van der Waals surface area contributed by atoms with Crippen molar-refractivity contribution in [1.82, 2.24) is 4.98 Å². The van der Waals surface area contributed by atoms with E-state index in [1.165, 1.54) is 12.1 Å². The minimum Gasteiger partial charge on any atom is -0.284 e. The number of hydrogen-bond acceptors (Lipinski definition) is 3. The summed E-state index contributed by atoms with van der Waals surface area (Å²) in [5.74, 6) is -0.940. The van der Waals surface area contributed by atoms with Crippen molar-refractivity contribution in [3.63, 3.8) is 0 Å². The molecule has 29 heavy (non-hydrogen) atoms. The van der Waals surface area contributed by atoms with Gasteiger partial charge in [0.2, 0.25) is 10.0 Å². The zero-order valence-electron chi connectivity index (χ0n) is 15.8. The summed E-state index contributed by atoms with van der Waals surface area (Å²) in [5, 5.41) is 0. The molecule has 3 aromatic rings. The van der Waals surface area contributed by atoms with Crippen LogP contribution in [0.1, 0.15) is 33.9 Å². The van der Waals surface area contributed by atoms with Crippen LogP contribution in [0.25, 0.3) is 0 Å². The van der Waals surface area contributed by atoms with E-state index < -0.39 is 15.8 Å². The first-order valence-corrected chi connectivity index (χ1v) is 11.2. The van der Waals surface area contributed by atoms with Gasteiger partial charge >= 0.3 is 0 Å². The van der Waals surface area contributed by atoms with Crippen molar-refractivity contribution < 1.29 is 17.2 Å². The third-order valence-corrected chi connectivity index (χ3v) is 5.72. The monoisotopic (exact) mass is 414 g/mol. The maximum Gasteiger partial charge on any atom is 0.229 e. The lowest BCUT2D eigenvalue weighted by atomic mass is 9.84. The minimum atomic E-state index is -3.52. The molecule has 4 nitrogen and oxygen atoms in total. The summed E-state index contributed by atoms with van der Waals surface area (Å²) in [7, 11) is -3.52. The van der Waals surface area contributed by atoms with Gasteiger partial charge in [-0.25, -0.2) is 17.2 Å². The van der Waals surface area contributed by atoms with Crippen LogP contribution in [0.5, 0.6) is 0 Å². The predicted octanol–water partition coefficient (Wildman–Crippen LogP) is 4.20. The van der Waals surface area contributed by atoms with Gasteiger partial charge in [0, 0.05) is 17.8 Å². The quantitative estimate of drug-likeness (QED) is 0.696. The zero-order chi connectivity index (χ0) is 20.6. The van der Waals surface area contributed by atoms with Gasteiger partial charge in [-0.15, -0.1) is 0 Å². The highest BCUT2D eigenvalue weighted by atomic mass is 32.2. The molecule has 1 aromatic heterocycles. The average Bonchev–Trinajstić information content (AvgIpc) is 2.77. The Morgan fingerprint density at radius 3 is 2.66 bits per heavy atom. The zero-order valence-corrected chi connectivity index (χ0v) is 16.6. The number of pyridine rings is 1. The molecule has 0 aliphatic heterocycles. The second-order valence-electron chi connectivity index (χ2n) is 7.36. The number of hydrogen-bond donors (Lipinski definition) is 1. The van der Waals surface area contributed by atoms with E-state index in [-0.39, 0.29) is 17.4 Å². The van der Waals surface area contributed by atoms with Gasteiger partial charge in [0.25, 0.3) is 0 Å². The van der Waals surface area contributed by atoms with Gasteiger partial charge in [-0.3, -0.25) is 9.71 Å². The van der Waals surface area contributed by atoms with Gasteiger partial charge in [-0.1, -0.05) is 12.1 Å². The van der Waals surface area contributed by atoms with Crippen molar-refractivity contribution in [3.05, 3.63) is 94.3 Å². The topological polar surface area (TPSA) is 59.1 Å². The number of benzene rings is 2. The van der Waals surface area contributed by atoms with Crippen LogP contribution in [-0.2, 0) is 29.3 Å². The molecule has 0 bridgehead atoms. The van der Waals surface area contributed by atoms with Crippen LogP contribution in [0.15, 0.2) is 54.7 Å². The molecule has 0 spiro atoms. The number of nitrogens with one attached hydrogen (secondary N) is 1. The van der Waals surface area contributed by atoms with E-state index in [0.29, 0.717) is 24.8 Å². The van der Waals surface area contributed by atoms with Crippen LogP contribution < -0.4 is 4.72 Å². The van der Waals surface area contributed by atoms with Crippen molar-refractivity contribution in [3.8, 4) is 0 Å². The molecule has 1 atom stereocenters. The molecule has 1 N–H and O–H groups in total. The maximum atomic E-state index is 14.2. The van der Waals surface area contributed by atoms with E-state index in [0.717, 1.165) is 34.7 Å². The molecule has 0 radical (unpaired) electrons. The molecular formula is C22H20F2N2O2S. The Kier molecular flexibility index (Phi) is 5.08. The number of rotatable bonds is 4. The van der Waals surface area contributed by atoms with Crippen LogP contribution in [0.4, 0.5) is 14.5 Å². The first-order valence-electron chi connectivity index (χ1n) is 9.28. The third kappa shape index (κ3) is 4.45. The summed E-state index contributed by atoms with van der Waals surface area (Å²) >= 11 is 0. The molecule has 0 saturated heterocycles. The summed E-state index contributed by atoms with van der Waals surface area (Å²) in [6, 6.07) is 12.8. The van der Waals surface area contributed by atoms with Crippen molar-refractivity contribution in [2.24, 2.45) is 0 Å². The highest BCUT2D eigenvalue weighted by molar-refractivity contribution is 7.92. The lowest BCUT2D eigenvalue weighted by molar-refractivity contribution is 0.606. The molecule has 4 rings (SSSR count). The molecule has 0 fully saturated rings. The van der Waals surface area contributed by atoms with Crippen LogP contribution in [0.2, 0.25) is 0 Å². The third-order valence-electron chi connectivity index (χ3n) is 5.11. The van der Waals surface area contributed by atoms with Crippen molar-refractivity contribution >= 4 is 15.7 Å². The Labute approximate surface area is 168 Å². The fourth-order valence-corrected chi connectivity index (χ4v) is 4.57. The minimum absolute atomic E-state index is 0.135. The molecule has 0 amide bonds. The van der Waals surface area contributed by atoms with Crippen LogP contribution in [-0.4, -0.2) is 19.7 Å². The Morgan fingerprint density at radius 2 is 1.86 bits per heavy atom. The van der Waals surface area contributed by atoms with Gasteiger partial charge in [0.05, 0.1) is 11.9 Å². The van der Waals surface area contributed by atoms with Crippen LogP contribution in [0, 0.1) is 11.6 Å². The summed E-state index contributed by atoms with van der Waals surface area (Å²) in [6.45, 7) is 0. The Hall–Kier alpha value is -2.80. The number of halogens is 2. The molecule has 150 valence electrons. The lowest BCUT2D eigenvalue weighted by Gasteiger charge is -2.21. The first kappa shape index (κ1) is 19.5. The van der Waals surface area contributed by atoms with Crippen molar-refractivity contribution in [1.29, 1.82) is 0 Å². The number of aromatic nitrogens is 1. The number of anilines is 1. The Balaban J connectivity index is 1.79. The Bertz CT molecular complexity index is 1180. The summed E-state index contributed by atoms with van der Waals surface area (Å²) in [4.78, 5) is 4.50. The fourth-order valence-electron chi connectivity index (χ4n) is 4.02. The van der Waals surface area contributed by atoms with Gasteiger partial charge < -0.3 is 0 Å². The number of sulfonamides is 1. The molecular weight excluding hydrogens is 394 g/mol. The Morgan fingerprint density at radius 1 is 1.03 bits per heavy atom. The molecule has 1 aliphatic carbocycles. The van der Waals surface area contributed by atoms with E-state index >= 15 is 0 Å². The van der Waals surface area contributed by atoms with Crippen molar-refractivity contribution in [2.45, 2.75) is 25.2 Å². The SMILES string of the molecule is CS(=O)(=O)Nc1cc(F)cc(CC2c3ccc(F)cc3CCc3ncccc32)c1. The van der Waals surface area contributed by atoms with Gasteiger partial charge in [-0.05, 0) is 77.9 Å². The largest absolute Gasteiger partial charge is 0.284 e. The van der Waals surface area contributed by atoms with E-state index in [1.807, 2.05) is 12.1 Å².